The van der Waals surface area contributed by atoms with Gasteiger partial charge in [-0.3, -0.25) is 0 Å². The van der Waals surface area contributed by atoms with Crippen molar-refractivity contribution in [2.75, 3.05) is 0 Å². The van der Waals surface area contributed by atoms with Crippen LogP contribution >= 0.6 is 11.8 Å². The number of aromatic carboxylic acids is 2. The Balaban J connectivity index is 2.41. The fourth-order valence-electron chi connectivity index (χ4n) is 1.76. The van der Waals surface area contributed by atoms with Crippen molar-refractivity contribution < 1.29 is 37.4 Å². The Morgan fingerprint density at radius 2 is 0.957 bits per heavy atom. The molecule has 23 heavy (non-hydrogen) atoms. The lowest BCUT2D eigenvalue weighted by Crippen LogP contribution is -2.05. The summed E-state index contributed by atoms with van der Waals surface area (Å²) < 4.78 is 54.1. The Hall–Kier alpha value is -2.55. The maximum atomic E-state index is 13.5. The largest absolute Gasteiger partial charge is 0.477 e. The number of halogens is 4. The third kappa shape index (κ3) is 3.45. The molecule has 2 N–H and O–H groups in total. The van der Waals surface area contributed by atoms with Gasteiger partial charge in [0.05, 0.1) is 0 Å². The first-order chi connectivity index (χ1) is 10.7. The molecule has 120 valence electrons. The fraction of sp³-hybridized carbons (Fsp3) is 0. The standard InChI is InChI=1S/C14H6F4O4S/c15-7-1-5(2-8(16)11(7)13(19)20)23-6-3-9(17)12(14(21)22)10(18)4-6/h1-4H,(H,19,20)(H,21,22). The molecule has 0 aromatic heterocycles. The molecule has 0 saturated heterocycles. The summed E-state index contributed by atoms with van der Waals surface area (Å²) in [6.07, 6.45) is 0. The Morgan fingerprint density at radius 1 is 0.696 bits per heavy atom. The highest BCUT2D eigenvalue weighted by molar-refractivity contribution is 7.99. The second-order valence-electron chi connectivity index (χ2n) is 4.24. The Kier molecular flexibility index (Phi) is 4.60. The molecule has 2 aromatic carbocycles. The van der Waals surface area contributed by atoms with Crippen LogP contribution in [0.25, 0.3) is 0 Å². The Morgan fingerprint density at radius 3 is 1.17 bits per heavy atom. The SMILES string of the molecule is O=C(O)c1c(F)cc(Sc2cc(F)c(C(=O)O)c(F)c2)cc1F. The summed E-state index contributed by atoms with van der Waals surface area (Å²) in [7, 11) is 0. The maximum absolute atomic E-state index is 13.5. The molecule has 0 unspecified atom stereocenters. The van der Waals surface area contributed by atoms with Gasteiger partial charge in [-0.25, -0.2) is 27.2 Å². The zero-order valence-electron chi connectivity index (χ0n) is 10.9. The van der Waals surface area contributed by atoms with Crippen LogP contribution in [0.4, 0.5) is 17.6 Å². The number of hydrogen-bond acceptors (Lipinski definition) is 3. The average molecular weight is 346 g/mol. The summed E-state index contributed by atoms with van der Waals surface area (Å²) in [6.45, 7) is 0. The normalized spacial score (nSPS) is 10.6. The number of carboxylic acids is 2. The van der Waals surface area contributed by atoms with Gasteiger partial charge in [-0.1, -0.05) is 11.8 Å². The molecule has 0 aliphatic carbocycles. The minimum Gasteiger partial charge on any atom is -0.477 e. The van der Waals surface area contributed by atoms with Crippen LogP contribution in [0.3, 0.4) is 0 Å². The minimum absolute atomic E-state index is 0.146. The van der Waals surface area contributed by atoms with Gasteiger partial charge in [0.15, 0.2) is 0 Å². The van der Waals surface area contributed by atoms with Gasteiger partial charge in [0.2, 0.25) is 0 Å². The summed E-state index contributed by atoms with van der Waals surface area (Å²) in [5, 5.41) is 17.3. The average Bonchev–Trinajstić information content (AvgIpc) is 2.35. The summed E-state index contributed by atoms with van der Waals surface area (Å²) >= 11 is 0.539. The van der Waals surface area contributed by atoms with Gasteiger partial charge in [-0.05, 0) is 24.3 Å². The number of carbonyl (C=O) groups is 2. The lowest BCUT2D eigenvalue weighted by Gasteiger charge is -2.07. The second kappa shape index (κ2) is 6.29. The van der Waals surface area contributed by atoms with E-state index in [2.05, 4.69) is 0 Å². The highest BCUT2D eigenvalue weighted by atomic mass is 32.2. The smallest absolute Gasteiger partial charge is 0.341 e. The Bertz CT molecular complexity index is 709. The fourth-order valence-corrected chi connectivity index (χ4v) is 2.68. The molecule has 0 aliphatic rings. The van der Waals surface area contributed by atoms with Gasteiger partial charge in [-0.2, -0.15) is 0 Å². The van der Waals surface area contributed by atoms with Crippen molar-refractivity contribution in [1.82, 2.24) is 0 Å². The first-order valence-corrected chi connectivity index (χ1v) is 6.65. The molecule has 0 heterocycles. The highest BCUT2D eigenvalue weighted by Crippen LogP contribution is 2.32. The predicted octanol–water partition coefficient (Wildman–Crippen LogP) is 3.79. The van der Waals surface area contributed by atoms with Gasteiger partial charge in [0.1, 0.15) is 34.4 Å². The first-order valence-electron chi connectivity index (χ1n) is 5.83. The van der Waals surface area contributed by atoms with Crippen molar-refractivity contribution in [3.63, 3.8) is 0 Å². The van der Waals surface area contributed by atoms with Crippen molar-refractivity contribution in [2.45, 2.75) is 9.79 Å². The maximum Gasteiger partial charge on any atom is 0.341 e. The molecular formula is C14H6F4O4S. The van der Waals surface area contributed by atoms with Crippen LogP contribution in [0.15, 0.2) is 34.1 Å². The second-order valence-corrected chi connectivity index (χ2v) is 5.38. The monoisotopic (exact) mass is 346 g/mol. The molecule has 0 aliphatic heterocycles. The summed E-state index contributed by atoms with van der Waals surface area (Å²) in [5.41, 5.74) is -2.29. The van der Waals surface area contributed by atoms with Crippen LogP contribution in [-0.2, 0) is 0 Å². The van der Waals surface area contributed by atoms with Crippen LogP contribution in [0.2, 0.25) is 0 Å². The molecule has 2 rings (SSSR count). The number of hydrogen-bond donors (Lipinski definition) is 2. The number of benzene rings is 2. The lowest BCUT2D eigenvalue weighted by molar-refractivity contribution is 0.0674. The van der Waals surface area contributed by atoms with E-state index in [0.29, 0.717) is 36.0 Å². The molecule has 9 heteroatoms. The van der Waals surface area contributed by atoms with Gasteiger partial charge in [0.25, 0.3) is 0 Å². The summed E-state index contributed by atoms with van der Waals surface area (Å²) in [4.78, 5) is 21.0. The van der Waals surface area contributed by atoms with Gasteiger partial charge >= 0.3 is 11.9 Å². The quantitative estimate of drug-likeness (QED) is 0.824. The van der Waals surface area contributed by atoms with Crippen LogP contribution in [0, 0.1) is 23.3 Å². The van der Waals surface area contributed by atoms with Crippen LogP contribution < -0.4 is 0 Å². The van der Waals surface area contributed by atoms with Crippen LogP contribution in [0.1, 0.15) is 20.7 Å². The summed E-state index contributed by atoms with van der Waals surface area (Å²) in [5.74, 6) is -8.96. The van der Waals surface area contributed by atoms with Gasteiger partial charge < -0.3 is 10.2 Å². The molecule has 0 saturated carbocycles. The van der Waals surface area contributed by atoms with E-state index in [0.717, 1.165) is 0 Å². The van der Waals surface area contributed by atoms with E-state index in [1.165, 1.54) is 0 Å². The zero-order valence-corrected chi connectivity index (χ0v) is 11.8. The number of rotatable bonds is 4. The topological polar surface area (TPSA) is 74.6 Å². The molecule has 0 bridgehead atoms. The van der Waals surface area contributed by atoms with E-state index in [4.69, 9.17) is 10.2 Å². The molecule has 0 radical (unpaired) electrons. The van der Waals surface area contributed by atoms with Crippen molar-refractivity contribution in [3.8, 4) is 0 Å². The zero-order chi connectivity index (χ0) is 17.3. The number of carboxylic acid groups (broad SMARTS) is 2. The van der Waals surface area contributed by atoms with Crippen molar-refractivity contribution >= 4 is 23.7 Å². The lowest BCUT2D eigenvalue weighted by atomic mass is 10.2. The third-order valence-electron chi connectivity index (χ3n) is 2.69. The van der Waals surface area contributed by atoms with Crippen molar-refractivity contribution in [2.24, 2.45) is 0 Å². The predicted molar refractivity (Wildman–Crippen MR) is 70.8 cm³/mol. The van der Waals surface area contributed by atoms with E-state index in [1.54, 1.807) is 0 Å². The molecule has 0 spiro atoms. The molecule has 4 nitrogen and oxygen atoms in total. The molecule has 0 fully saturated rings. The molecule has 2 aromatic rings. The van der Waals surface area contributed by atoms with Crippen molar-refractivity contribution in [3.05, 3.63) is 58.7 Å². The Labute approximate surface area is 130 Å². The van der Waals surface area contributed by atoms with E-state index >= 15 is 0 Å². The highest BCUT2D eigenvalue weighted by Gasteiger charge is 2.20. The van der Waals surface area contributed by atoms with Crippen LogP contribution in [-0.4, -0.2) is 22.2 Å². The third-order valence-corrected chi connectivity index (χ3v) is 3.64. The van der Waals surface area contributed by atoms with E-state index in [9.17, 15) is 27.2 Å². The van der Waals surface area contributed by atoms with Gasteiger partial charge in [-0.15, -0.1) is 0 Å². The minimum atomic E-state index is -1.79. The summed E-state index contributed by atoms with van der Waals surface area (Å²) in [6, 6.07) is 2.77. The first kappa shape index (κ1) is 16.8. The van der Waals surface area contributed by atoms with E-state index in [-0.39, 0.29) is 9.79 Å². The van der Waals surface area contributed by atoms with Gasteiger partial charge in [0, 0.05) is 9.79 Å². The van der Waals surface area contributed by atoms with E-state index < -0.39 is 46.3 Å². The van der Waals surface area contributed by atoms with E-state index in [1.807, 2.05) is 0 Å². The molecule has 0 amide bonds. The van der Waals surface area contributed by atoms with Crippen molar-refractivity contribution in [1.29, 1.82) is 0 Å². The van der Waals surface area contributed by atoms with Crippen LogP contribution in [0.5, 0.6) is 0 Å². The molecular weight excluding hydrogens is 340 g/mol. The molecule has 0 atom stereocenters.